The first-order chi connectivity index (χ1) is 13.2. The van der Waals surface area contributed by atoms with Gasteiger partial charge in [-0.15, -0.1) is 11.8 Å². The van der Waals surface area contributed by atoms with Crippen LogP contribution in [0, 0.1) is 11.8 Å². The molecule has 2 aromatic rings. The molecule has 0 saturated heterocycles. The second-order valence-electron chi connectivity index (χ2n) is 7.69. The Labute approximate surface area is 167 Å². The van der Waals surface area contributed by atoms with Crippen molar-refractivity contribution in [1.29, 1.82) is 0 Å². The third kappa shape index (κ3) is 2.80. The number of nitrogens with zero attached hydrogens (tertiary/aromatic N) is 1. The van der Waals surface area contributed by atoms with Crippen molar-refractivity contribution in [3.63, 3.8) is 0 Å². The number of allylic oxidation sites excluding steroid dienone is 5. The number of hydrogen-bond acceptors (Lipinski definition) is 2. The van der Waals surface area contributed by atoms with E-state index in [9.17, 15) is 0 Å². The quantitative estimate of drug-likeness (QED) is 0.641. The van der Waals surface area contributed by atoms with Crippen molar-refractivity contribution < 1.29 is 0 Å². The van der Waals surface area contributed by atoms with Gasteiger partial charge in [-0.25, -0.2) is 0 Å². The van der Waals surface area contributed by atoms with Gasteiger partial charge in [0, 0.05) is 34.0 Å². The van der Waals surface area contributed by atoms with E-state index in [-0.39, 0.29) is 0 Å². The summed E-state index contributed by atoms with van der Waals surface area (Å²) in [6, 6.07) is 17.5. The van der Waals surface area contributed by atoms with E-state index < -0.39 is 0 Å². The lowest BCUT2D eigenvalue weighted by molar-refractivity contribution is 0.432. The van der Waals surface area contributed by atoms with Crippen molar-refractivity contribution in [3.05, 3.63) is 83.4 Å². The van der Waals surface area contributed by atoms with Gasteiger partial charge in [0.2, 0.25) is 0 Å². The van der Waals surface area contributed by atoms with Gasteiger partial charge in [0.25, 0.3) is 7.41 Å². The van der Waals surface area contributed by atoms with Crippen LogP contribution in [0.2, 0.25) is 0 Å². The van der Waals surface area contributed by atoms with E-state index in [1.807, 2.05) is 11.8 Å². The van der Waals surface area contributed by atoms with E-state index in [0.29, 0.717) is 17.1 Å². The van der Waals surface area contributed by atoms with Crippen LogP contribution in [0.1, 0.15) is 20.3 Å². The fraction of sp³-hybridized carbons (Fsp3) is 0.250. The van der Waals surface area contributed by atoms with Gasteiger partial charge in [0.05, 0.1) is 0 Å². The van der Waals surface area contributed by atoms with Crippen LogP contribution >= 0.6 is 11.8 Å². The fourth-order valence-electron chi connectivity index (χ4n) is 4.81. The number of thioether (sulfide) groups is 1. The molecule has 5 rings (SSSR count). The molecule has 0 fully saturated rings. The van der Waals surface area contributed by atoms with Crippen molar-refractivity contribution in [2.45, 2.75) is 25.5 Å². The van der Waals surface area contributed by atoms with Crippen molar-refractivity contribution in [3.8, 4) is 11.1 Å². The molecule has 0 N–H and O–H groups in total. The lowest BCUT2D eigenvalue weighted by atomic mass is 9.68. The number of anilines is 1. The van der Waals surface area contributed by atoms with Crippen molar-refractivity contribution >= 4 is 30.3 Å². The first-order valence-electron chi connectivity index (χ1n) is 9.75. The monoisotopic (exact) mass is 368 g/mol. The summed E-state index contributed by atoms with van der Waals surface area (Å²) < 4.78 is 0. The van der Waals surface area contributed by atoms with Crippen LogP contribution in [0.25, 0.3) is 11.1 Å². The Bertz CT molecular complexity index is 974. The van der Waals surface area contributed by atoms with E-state index in [1.54, 1.807) is 0 Å². The minimum atomic E-state index is 0.519. The van der Waals surface area contributed by atoms with Crippen LogP contribution in [0.5, 0.6) is 0 Å². The molecular weight excluding hydrogens is 345 g/mol. The summed E-state index contributed by atoms with van der Waals surface area (Å²) in [5, 5.41) is 3.01. The van der Waals surface area contributed by atoms with Crippen LogP contribution in [0.15, 0.2) is 83.4 Å². The Morgan fingerprint density at radius 3 is 2.63 bits per heavy atom. The van der Waals surface area contributed by atoms with Gasteiger partial charge in [0.1, 0.15) is 0 Å². The summed E-state index contributed by atoms with van der Waals surface area (Å²) in [7, 11) is 2.33. The van der Waals surface area contributed by atoms with E-state index in [0.717, 1.165) is 6.42 Å². The molecule has 0 bridgehead atoms. The lowest BCUT2D eigenvalue weighted by Gasteiger charge is -2.41. The first-order valence-corrected chi connectivity index (χ1v) is 10.7. The van der Waals surface area contributed by atoms with Crippen LogP contribution < -0.4 is 10.3 Å². The zero-order valence-electron chi connectivity index (χ0n) is 15.8. The highest BCUT2D eigenvalue weighted by atomic mass is 32.2. The Morgan fingerprint density at radius 2 is 1.81 bits per heavy atom. The number of para-hydroxylation sites is 1. The first kappa shape index (κ1) is 17.0. The highest BCUT2D eigenvalue weighted by molar-refractivity contribution is 8.03. The topological polar surface area (TPSA) is 3.24 Å². The average molecular weight is 368 g/mol. The molecule has 27 heavy (non-hydrogen) atoms. The van der Waals surface area contributed by atoms with E-state index in [4.69, 9.17) is 0 Å². The molecular formula is C24H23BNS. The standard InChI is InChI=1S/C24H23BNS/c1-16-15-27-17(2)24(16)20-11-5-8-14-23(20)26-22-13-7-4-10-19(22)18-9-3-6-12-21(18)25-26/h3-10,12-15,17,20,24H,11H2,1-2H3. The van der Waals surface area contributed by atoms with Gasteiger partial charge in [-0.05, 0) is 36.5 Å². The maximum Gasteiger partial charge on any atom is 0.291 e. The molecule has 3 atom stereocenters. The van der Waals surface area contributed by atoms with Crippen LogP contribution in [-0.2, 0) is 0 Å². The van der Waals surface area contributed by atoms with Gasteiger partial charge < -0.3 is 4.81 Å². The van der Waals surface area contributed by atoms with Crippen molar-refractivity contribution in [2.75, 3.05) is 4.81 Å². The lowest BCUT2D eigenvalue weighted by Crippen LogP contribution is -2.43. The second kappa shape index (κ2) is 6.80. The maximum atomic E-state index is 2.45. The van der Waals surface area contributed by atoms with Crippen LogP contribution in [-0.4, -0.2) is 12.7 Å². The van der Waals surface area contributed by atoms with Crippen LogP contribution in [0.3, 0.4) is 0 Å². The number of hydrogen-bond donors (Lipinski definition) is 0. The highest BCUT2D eigenvalue weighted by Gasteiger charge is 2.37. The normalized spacial score (nSPS) is 26.0. The highest BCUT2D eigenvalue weighted by Crippen LogP contribution is 2.47. The van der Waals surface area contributed by atoms with Crippen molar-refractivity contribution in [1.82, 2.24) is 0 Å². The second-order valence-corrected chi connectivity index (χ2v) is 8.95. The molecule has 2 aromatic carbocycles. The fourth-order valence-corrected chi connectivity index (χ4v) is 5.97. The molecule has 1 aliphatic carbocycles. The molecule has 0 spiro atoms. The molecule has 133 valence electrons. The summed E-state index contributed by atoms with van der Waals surface area (Å²) in [6.07, 6.45) is 8.01. The molecule has 3 unspecified atom stereocenters. The van der Waals surface area contributed by atoms with Crippen molar-refractivity contribution in [2.24, 2.45) is 11.8 Å². The van der Waals surface area contributed by atoms with E-state index in [2.05, 4.69) is 98.2 Å². The zero-order valence-corrected chi connectivity index (χ0v) is 16.6. The van der Waals surface area contributed by atoms with Gasteiger partial charge in [-0.1, -0.05) is 72.6 Å². The number of benzene rings is 2. The molecule has 1 nitrogen and oxygen atoms in total. The minimum Gasteiger partial charge on any atom is -0.388 e. The summed E-state index contributed by atoms with van der Waals surface area (Å²) >= 11 is 1.99. The van der Waals surface area contributed by atoms with Gasteiger partial charge >= 0.3 is 0 Å². The van der Waals surface area contributed by atoms with E-state index in [1.165, 1.54) is 33.5 Å². The Kier molecular flexibility index (Phi) is 4.28. The van der Waals surface area contributed by atoms with E-state index >= 15 is 0 Å². The molecule has 2 aliphatic heterocycles. The van der Waals surface area contributed by atoms with Crippen LogP contribution in [0.4, 0.5) is 5.69 Å². The Hall–Kier alpha value is -2.13. The smallest absolute Gasteiger partial charge is 0.291 e. The molecule has 3 aliphatic rings. The van der Waals surface area contributed by atoms with Gasteiger partial charge in [-0.3, -0.25) is 0 Å². The van der Waals surface area contributed by atoms with Gasteiger partial charge in [0.15, 0.2) is 0 Å². The maximum absolute atomic E-state index is 2.45. The summed E-state index contributed by atoms with van der Waals surface area (Å²) in [5.74, 6) is 1.12. The summed E-state index contributed by atoms with van der Waals surface area (Å²) in [6.45, 7) is 4.68. The summed E-state index contributed by atoms with van der Waals surface area (Å²) in [4.78, 5) is 2.45. The third-order valence-electron chi connectivity index (χ3n) is 6.07. The third-order valence-corrected chi connectivity index (χ3v) is 7.30. The number of fused-ring (bicyclic) bond motifs is 3. The molecule has 1 radical (unpaired) electrons. The Balaban J connectivity index is 1.60. The summed E-state index contributed by atoms with van der Waals surface area (Å²) in [5.41, 5.74) is 8.20. The largest absolute Gasteiger partial charge is 0.388 e. The molecule has 3 heteroatoms. The SMILES string of the molecule is CC1=CSC(C)C1C1CC=CC=C1N1[B]c2ccccc2-c2ccccc21. The predicted octanol–water partition coefficient (Wildman–Crippen LogP) is 5.53. The minimum absolute atomic E-state index is 0.519. The molecule has 0 aromatic heterocycles. The van der Waals surface area contributed by atoms with Gasteiger partial charge in [-0.2, -0.15) is 0 Å². The Morgan fingerprint density at radius 1 is 1.04 bits per heavy atom. The predicted molar refractivity (Wildman–Crippen MR) is 119 cm³/mol. The number of rotatable bonds is 2. The molecule has 0 saturated carbocycles. The molecule has 0 amide bonds. The average Bonchev–Trinajstić information content (AvgIpc) is 3.05. The zero-order chi connectivity index (χ0) is 18.4. The molecule has 2 heterocycles.